The van der Waals surface area contributed by atoms with E-state index in [-0.39, 0.29) is 41.2 Å². The summed E-state index contributed by atoms with van der Waals surface area (Å²) in [7, 11) is 0. The Hall–Kier alpha value is -3.75. The van der Waals surface area contributed by atoms with E-state index in [0.29, 0.717) is 38.2 Å². The number of ether oxygens (including phenoxy) is 1. The minimum Gasteiger partial charge on any atom is -0.464 e. The van der Waals surface area contributed by atoms with Crippen LogP contribution in [0, 0.1) is 11.7 Å². The first kappa shape index (κ1) is 24.9. The lowest BCUT2D eigenvalue weighted by Gasteiger charge is -2.40. The molecule has 3 amide bonds. The normalized spacial score (nSPS) is 21.7. The Kier molecular flexibility index (Phi) is 6.95. The van der Waals surface area contributed by atoms with E-state index in [0.717, 1.165) is 24.2 Å². The van der Waals surface area contributed by atoms with Crippen LogP contribution in [0.2, 0.25) is 0 Å². The second kappa shape index (κ2) is 10.3. The number of fused-ring (bicyclic) bond motifs is 1. The number of para-hydroxylation sites is 1. The lowest BCUT2D eigenvalue weighted by atomic mass is 9.92. The summed E-state index contributed by atoms with van der Waals surface area (Å²) in [6, 6.07) is 10.2. The molecule has 0 spiro atoms. The number of benzene rings is 2. The fourth-order valence-electron chi connectivity index (χ4n) is 5.69. The van der Waals surface area contributed by atoms with Gasteiger partial charge in [0.1, 0.15) is 11.9 Å². The molecular formula is C28H30FN3O5. The van der Waals surface area contributed by atoms with Crippen LogP contribution >= 0.6 is 0 Å². The molecule has 9 heteroatoms. The van der Waals surface area contributed by atoms with Gasteiger partial charge in [-0.1, -0.05) is 18.2 Å². The van der Waals surface area contributed by atoms with E-state index in [1.54, 1.807) is 36.1 Å². The van der Waals surface area contributed by atoms with Gasteiger partial charge in [-0.2, -0.15) is 0 Å². The largest absolute Gasteiger partial charge is 0.464 e. The van der Waals surface area contributed by atoms with Crippen molar-refractivity contribution in [3.05, 3.63) is 59.4 Å². The van der Waals surface area contributed by atoms with E-state index in [2.05, 4.69) is 0 Å². The molecule has 0 N–H and O–H groups in total. The zero-order valence-corrected chi connectivity index (χ0v) is 20.8. The molecule has 0 radical (unpaired) electrons. The van der Waals surface area contributed by atoms with E-state index in [1.165, 1.54) is 18.2 Å². The summed E-state index contributed by atoms with van der Waals surface area (Å²) in [4.78, 5) is 57.2. The second-order valence-corrected chi connectivity index (χ2v) is 9.68. The van der Waals surface area contributed by atoms with Gasteiger partial charge in [-0.15, -0.1) is 0 Å². The van der Waals surface area contributed by atoms with Crippen molar-refractivity contribution in [1.29, 1.82) is 0 Å². The highest BCUT2D eigenvalue weighted by molar-refractivity contribution is 6.36. The summed E-state index contributed by atoms with van der Waals surface area (Å²) in [5.74, 6) is -2.59. The highest BCUT2D eigenvalue weighted by Crippen LogP contribution is 2.37. The van der Waals surface area contributed by atoms with Crippen LogP contribution in [0.4, 0.5) is 15.8 Å². The number of carbonyl (C=O) groups excluding carboxylic acids is 4. The van der Waals surface area contributed by atoms with Gasteiger partial charge in [-0.05, 0) is 63.3 Å². The maximum Gasteiger partial charge on any atom is 0.328 e. The van der Waals surface area contributed by atoms with Crippen molar-refractivity contribution in [3.63, 3.8) is 0 Å². The van der Waals surface area contributed by atoms with E-state index in [9.17, 15) is 23.6 Å². The van der Waals surface area contributed by atoms with Crippen LogP contribution in [0.3, 0.4) is 0 Å². The van der Waals surface area contributed by atoms with Gasteiger partial charge in [0.2, 0.25) is 5.91 Å². The quantitative estimate of drug-likeness (QED) is 0.452. The van der Waals surface area contributed by atoms with Crippen molar-refractivity contribution in [3.8, 4) is 0 Å². The Morgan fingerprint density at radius 3 is 2.51 bits per heavy atom. The molecule has 0 saturated carbocycles. The monoisotopic (exact) mass is 507 g/mol. The molecule has 3 aliphatic heterocycles. The summed E-state index contributed by atoms with van der Waals surface area (Å²) >= 11 is 0. The Bertz CT molecular complexity index is 1250. The number of halogens is 1. The number of carbonyl (C=O) groups is 4. The Morgan fingerprint density at radius 2 is 1.73 bits per heavy atom. The van der Waals surface area contributed by atoms with Crippen molar-refractivity contribution in [2.45, 2.75) is 45.1 Å². The lowest BCUT2D eigenvalue weighted by molar-refractivity contribution is -0.158. The number of anilines is 2. The summed E-state index contributed by atoms with van der Waals surface area (Å²) < 4.78 is 19.7. The first-order chi connectivity index (χ1) is 17.9. The number of piperidine rings is 2. The molecular weight excluding hydrogens is 477 g/mol. The van der Waals surface area contributed by atoms with E-state index in [1.807, 2.05) is 4.90 Å². The van der Waals surface area contributed by atoms with Crippen molar-refractivity contribution < 1.29 is 28.3 Å². The molecule has 2 fully saturated rings. The molecule has 37 heavy (non-hydrogen) atoms. The molecule has 2 aromatic carbocycles. The Labute approximate surface area is 215 Å². The summed E-state index contributed by atoms with van der Waals surface area (Å²) in [5, 5.41) is 0. The number of nitrogens with zero attached hydrogens (tertiary/aromatic N) is 3. The third kappa shape index (κ3) is 4.47. The Balaban J connectivity index is 1.40. The zero-order valence-electron chi connectivity index (χ0n) is 20.8. The van der Waals surface area contributed by atoms with Crippen LogP contribution in [0.1, 0.15) is 59.7 Å². The molecule has 0 aliphatic carbocycles. The fraction of sp³-hybridized carbons (Fsp3) is 0.429. The topological polar surface area (TPSA) is 87.2 Å². The summed E-state index contributed by atoms with van der Waals surface area (Å²) in [6.45, 7) is 3.52. The molecule has 8 nitrogen and oxygen atoms in total. The van der Waals surface area contributed by atoms with Crippen molar-refractivity contribution in [2.75, 3.05) is 36.0 Å². The second-order valence-electron chi connectivity index (χ2n) is 9.68. The lowest BCUT2D eigenvalue weighted by Crippen LogP contribution is -2.53. The van der Waals surface area contributed by atoms with Gasteiger partial charge in [-0.3, -0.25) is 14.4 Å². The minimum atomic E-state index is -0.653. The molecule has 2 aromatic rings. The van der Waals surface area contributed by atoms with Crippen LogP contribution in [0.25, 0.3) is 0 Å². The van der Waals surface area contributed by atoms with Gasteiger partial charge in [-0.25, -0.2) is 14.1 Å². The van der Waals surface area contributed by atoms with Gasteiger partial charge >= 0.3 is 5.97 Å². The maximum absolute atomic E-state index is 14.5. The highest BCUT2D eigenvalue weighted by Gasteiger charge is 2.42. The first-order valence-electron chi connectivity index (χ1n) is 12.9. The molecule has 2 atom stereocenters. The molecule has 5 rings (SSSR count). The van der Waals surface area contributed by atoms with Crippen molar-refractivity contribution in [2.24, 2.45) is 5.92 Å². The SMILES string of the molecule is CCOC(=O)C1CCCCN1C(=O)C1CCCN(c2cccc3c2C(=O)N(c2ccccc2F)C3=O)C1. The van der Waals surface area contributed by atoms with Crippen molar-refractivity contribution >= 4 is 35.1 Å². The number of rotatable bonds is 5. The van der Waals surface area contributed by atoms with Gasteiger partial charge in [0.25, 0.3) is 11.8 Å². The van der Waals surface area contributed by atoms with Crippen LogP contribution in [-0.4, -0.2) is 60.9 Å². The number of amides is 3. The van der Waals surface area contributed by atoms with E-state index >= 15 is 0 Å². The highest BCUT2D eigenvalue weighted by atomic mass is 19.1. The molecule has 2 unspecified atom stereocenters. The Morgan fingerprint density at radius 1 is 0.946 bits per heavy atom. The third-order valence-electron chi connectivity index (χ3n) is 7.44. The van der Waals surface area contributed by atoms with Gasteiger partial charge in [0.15, 0.2) is 0 Å². The molecule has 3 aliphatic rings. The van der Waals surface area contributed by atoms with Gasteiger partial charge in [0, 0.05) is 19.6 Å². The van der Waals surface area contributed by atoms with E-state index in [4.69, 9.17) is 4.74 Å². The molecule has 2 saturated heterocycles. The summed E-state index contributed by atoms with van der Waals surface area (Å²) in [5.41, 5.74) is 0.929. The minimum absolute atomic E-state index is 0.0783. The van der Waals surface area contributed by atoms with Gasteiger partial charge < -0.3 is 14.5 Å². The number of likely N-dealkylation sites (tertiary alicyclic amines) is 1. The zero-order chi connectivity index (χ0) is 26.1. The predicted molar refractivity (Wildman–Crippen MR) is 135 cm³/mol. The fourth-order valence-corrected chi connectivity index (χ4v) is 5.69. The maximum atomic E-state index is 14.5. The molecule has 3 heterocycles. The first-order valence-corrected chi connectivity index (χ1v) is 12.9. The van der Waals surface area contributed by atoms with Crippen LogP contribution in [0.15, 0.2) is 42.5 Å². The van der Waals surface area contributed by atoms with Gasteiger partial charge in [0.05, 0.1) is 35.0 Å². The number of esters is 1. The van der Waals surface area contributed by atoms with Crippen LogP contribution in [-0.2, 0) is 14.3 Å². The molecule has 0 aromatic heterocycles. The number of imide groups is 1. The standard InChI is InChI=1S/C28H30FN3O5/c1-2-37-28(36)23-13-5-6-16-31(23)25(33)18-9-8-15-30(17-18)22-14-7-10-19-24(22)27(35)32(26(19)34)21-12-4-3-11-20(21)29/h3-4,7,10-12,14,18,23H,2,5-6,8-9,13,15-17H2,1H3. The average Bonchev–Trinajstić information content (AvgIpc) is 3.18. The third-order valence-corrected chi connectivity index (χ3v) is 7.44. The van der Waals surface area contributed by atoms with Crippen molar-refractivity contribution in [1.82, 2.24) is 4.90 Å². The predicted octanol–water partition coefficient (Wildman–Crippen LogP) is 3.79. The smallest absolute Gasteiger partial charge is 0.328 e. The average molecular weight is 508 g/mol. The molecule has 0 bridgehead atoms. The number of hydrogen-bond donors (Lipinski definition) is 0. The van der Waals surface area contributed by atoms with Crippen LogP contribution < -0.4 is 9.80 Å². The van der Waals surface area contributed by atoms with Crippen LogP contribution in [0.5, 0.6) is 0 Å². The summed E-state index contributed by atoms with van der Waals surface area (Å²) in [6.07, 6.45) is 3.69. The van der Waals surface area contributed by atoms with E-state index < -0.39 is 23.7 Å². The molecule has 194 valence electrons. The number of hydrogen-bond acceptors (Lipinski definition) is 6.